The standard InChI is InChI=1S/C17H21N3O4S/c1-11(2)12-5-7-14(8-6-12)25(23,24)19-15-9-13(17(21)22)10-18-16(15)20(3)4/h5-11,19H,1-4H3,(H,21,22). The molecule has 0 saturated heterocycles. The van der Waals surface area contributed by atoms with E-state index in [1.54, 1.807) is 31.1 Å². The second-order valence-corrected chi connectivity index (χ2v) is 7.81. The van der Waals surface area contributed by atoms with Crippen molar-refractivity contribution in [3.8, 4) is 0 Å². The molecule has 1 aromatic carbocycles. The molecule has 0 aliphatic rings. The number of nitrogens with one attached hydrogen (secondary N) is 1. The van der Waals surface area contributed by atoms with Crippen molar-refractivity contribution in [3.63, 3.8) is 0 Å². The van der Waals surface area contributed by atoms with Gasteiger partial charge < -0.3 is 10.0 Å². The van der Waals surface area contributed by atoms with Crippen LogP contribution in [0.15, 0.2) is 41.4 Å². The summed E-state index contributed by atoms with van der Waals surface area (Å²) >= 11 is 0. The average molecular weight is 363 g/mol. The summed E-state index contributed by atoms with van der Waals surface area (Å²) in [5, 5.41) is 9.11. The van der Waals surface area contributed by atoms with Gasteiger partial charge in [0.15, 0.2) is 5.82 Å². The van der Waals surface area contributed by atoms with Crippen molar-refractivity contribution < 1.29 is 18.3 Å². The van der Waals surface area contributed by atoms with Crippen LogP contribution in [0.1, 0.15) is 35.7 Å². The Hall–Kier alpha value is -2.61. The molecule has 1 aromatic heterocycles. The van der Waals surface area contributed by atoms with Gasteiger partial charge in [0.1, 0.15) is 0 Å². The zero-order valence-electron chi connectivity index (χ0n) is 14.5. The van der Waals surface area contributed by atoms with Crippen LogP contribution in [-0.2, 0) is 10.0 Å². The summed E-state index contributed by atoms with van der Waals surface area (Å²) in [5.41, 5.74) is 1.04. The molecule has 25 heavy (non-hydrogen) atoms. The zero-order valence-corrected chi connectivity index (χ0v) is 15.3. The lowest BCUT2D eigenvalue weighted by Gasteiger charge is -2.18. The second kappa shape index (κ2) is 7.10. The molecular formula is C17H21N3O4S. The number of anilines is 2. The Morgan fingerprint density at radius 1 is 1.20 bits per heavy atom. The molecule has 134 valence electrons. The van der Waals surface area contributed by atoms with Gasteiger partial charge in [-0.3, -0.25) is 4.72 Å². The molecule has 2 aromatic rings. The Kier molecular flexibility index (Phi) is 5.32. The van der Waals surface area contributed by atoms with E-state index in [1.807, 2.05) is 13.8 Å². The van der Waals surface area contributed by atoms with Crippen molar-refractivity contribution >= 4 is 27.5 Å². The van der Waals surface area contributed by atoms with Crippen molar-refractivity contribution in [2.45, 2.75) is 24.7 Å². The van der Waals surface area contributed by atoms with E-state index in [2.05, 4.69) is 9.71 Å². The topological polar surface area (TPSA) is 99.6 Å². The summed E-state index contributed by atoms with van der Waals surface area (Å²) in [6, 6.07) is 7.84. The normalized spacial score (nSPS) is 11.4. The monoisotopic (exact) mass is 363 g/mol. The smallest absolute Gasteiger partial charge is 0.337 e. The van der Waals surface area contributed by atoms with E-state index < -0.39 is 16.0 Å². The lowest BCUT2D eigenvalue weighted by atomic mass is 10.0. The maximum absolute atomic E-state index is 12.6. The molecule has 2 N–H and O–H groups in total. The molecule has 0 spiro atoms. The highest BCUT2D eigenvalue weighted by Gasteiger charge is 2.19. The fourth-order valence-corrected chi connectivity index (χ4v) is 3.29. The number of hydrogen-bond donors (Lipinski definition) is 2. The van der Waals surface area contributed by atoms with Gasteiger partial charge in [-0.25, -0.2) is 18.2 Å². The Morgan fingerprint density at radius 2 is 1.80 bits per heavy atom. The molecule has 2 rings (SSSR count). The minimum Gasteiger partial charge on any atom is -0.478 e. The highest BCUT2D eigenvalue weighted by atomic mass is 32.2. The number of sulfonamides is 1. The Morgan fingerprint density at radius 3 is 2.28 bits per heavy atom. The van der Waals surface area contributed by atoms with Crippen molar-refractivity contribution in [1.29, 1.82) is 0 Å². The number of aromatic carboxylic acids is 1. The number of nitrogens with zero attached hydrogens (tertiary/aromatic N) is 2. The number of rotatable bonds is 6. The van der Waals surface area contributed by atoms with Crippen molar-refractivity contribution in [1.82, 2.24) is 4.98 Å². The SMILES string of the molecule is CC(C)c1ccc(S(=O)(=O)Nc2cc(C(=O)O)cnc2N(C)C)cc1. The molecule has 1 heterocycles. The van der Waals surface area contributed by atoms with Crippen LogP contribution in [0.4, 0.5) is 11.5 Å². The van der Waals surface area contributed by atoms with E-state index in [0.29, 0.717) is 11.7 Å². The minimum absolute atomic E-state index is 0.0987. The van der Waals surface area contributed by atoms with Gasteiger partial charge in [-0.05, 0) is 29.7 Å². The van der Waals surface area contributed by atoms with Crippen LogP contribution in [-0.4, -0.2) is 38.6 Å². The molecule has 0 aliphatic heterocycles. The Balaban J connectivity index is 2.42. The summed E-state index contributed by atoms with van der Waals surface area (Å²) in [5.74, 6) is -0.562. The van der Waals surface area contributed by atoms with E-state index in [0.717, 1.165) is 5.56 Å². The summed E-state index contributed by atoms with van der Waals surface area (Å²) in [6.07, 6.45) is 1.19. The quantitative estimate of drug-likeness (QED) is 0.819. The predicted molar refractivity (Wildman–Crippen MR) is 96.9 cm³/mol. The first-order chi connectivity index (χ1) is 11.6. The molecule has 0 aliphatic carbocycles. The van der Waals surface area contributed by atoms with Gasteiger partial charge in [0.25, 0.3) is 10.0 Å². The van der Waals surface area contributed by atoms with Crippen molar-refractivity contribution in [3.05, 3.63) is 47.7 Å². The highest BCUT2D eigenvalue weighted by Crippen LogP contribution is 2.26. The second-order valence-electron chi connectivity index (χ2n) is 6.12. The largest absolute Gasteiger partial charge is 0.478 e. The molecule has 0 saturated carbocycles. The third-order valence-electron chi connectivity index (χ3n) is 3.64. The molecular weight excluding hydrogens is 342 g/mol. The number of carboxylic acid groups (broad SMARTS) is 1. The lowest BCUT2D eigenvalue weighted by Crippen LogP contribution is -2.19. The maximum atomic E-state index is 12.6. The fourth-order valence-electron chi connectivity index (χ4n) is 2.24. The van der Waals surface area contributed by atoms with Crippen molar-refractivity contribution in [2.75, 3.05) is 23.7 Å². The van der Waals surface area contributed by atoms with Crippen LogP contribution in [0, 0.1) is 0 Å². The van der Waals surface area contributed by atoms with Gasteiger partial charge in [-0.1, -0.05) is 26.0 Å². The fraction of sp³-hybridized carbons (Fsp3) is 0.294. The third kappa shape index (κ3) is 4.27. The molecule has 0 amide bonds. The van der Waals surface area contributed by atoms with Crippen LogP contribution in [0.25, 0.3) is 0 Å². The van der Waals surface area contributed by atoms with Crippen LogP contribution in [0.3, 0.4) is 0 Å². The number of hydrogen-bond acceptors (Lipinski definition) is 5. The molecule has 8 heteroatoms. The number of carbonyl (C=O) groups is 1. The van der Waals surface area contributed by atoms with Crippen molar-refractivity contribution in [2.24, 2.45) is 0 Å². The summed E-state index contributed by atoms with van der Waals surface area (Å²) in [7, 11) is -0.479. The van der Waals surface area contributed by atoms with Crippen LogP contribution in [0.2, 0.25) is 0 Å². The van der Waals surface area contributed by atoms with E-state index in [1.165, 1.54) is 24.4 Å². The van der Waals surface area contributed by atoms with Gasteiger partial charge in [0, 0.05) is 20.3 Å². The summed E-state index contributed by atoms with van der Waals surface area (Å²) in [4.78, 5) is 16.9. The van der Waals surface area contributed by atoms with Gasteiger partial charge in [0.2, 0.25) is 0 Å². The van der Waals surface area contributed by atoms with Gasteiger partial charge in [-0.15, -0.1) is 0 Å². The van der Waals surface area contributed by atoms with Gasteiger partial charge in [-0.2, -0.15) is 0 Å². The summed E-state index contributed by atoms with van der Waals surface area (Å²) in [6.45, 7) is 4.04. The Bertz CT molecular complexity index is 875. The molecule has 0 atom stereocenters. The molecule has 0 radical (unpaired) electrons. The number of benzene rings is 1. The first kappa shape index (κ1) is 18.7. The van der Waals surface area contributed by atoms with E-state index in [-0.39, 0.29) is 16.1 Å². The number of pyridine rings is 1. The first-order valence-corrected chi connectivity index (χ1v) is 9.13. The molecule has 0 unspecified atom stereocenters. The zero-order chi connectivity index (χ0) is 18.8. The molecule has 0 bridgehead atoms. The third-order valence-corrected chi connectivity index (χ3v) is 5.02. The van der Waals surface area contributed by atoms with E-state index in [4.69, 9.17) is 5.11 Å². The average Bonchev–Trinajstić information content (AvgIpc) is 2.54. The number of aromatic nitrogens is 1. The van der Waals surface area contributed by atoms with Crippen LogP contribution >= 0.6 is 0 Å². The highest BCUT2D eigenvalue weighted by molar-refractivity contribution is 7.92. The maximum Gasteiger partial charge on any atom is 0.337 e. The number of carboxylic acids is 1. The van der Waals surface area contributed by atoms with Crippen LogP contribution < -0.4 is 9.62 Å². The summed E-state index contributed by atoms with van der Waals surface area (Å²) < 4.78 is 27.7. The van der Waals surface area contributed by atoms with E-state index in [9.17, 15) is 13.2 Å². The first-order valence-electron chi connectivity index (χ1n) is 7.65. The predicted octanol–water partition coefficient (Wildman–Crippen LogP) is 2.77. The van der Waals surface area contributed by atoms with Gasteiger partial charge in [0.05, 0.1) is 16.1 Å². The molecule has 0 fully saturated rings. The van der Waals surface area contributed by atoms with E-state index >= 15 is 0 Å². The Labute approximate surface area is 147 Å². The van der Waals surface area contributed by atoms with Crippen LogP contribution in [0.5, 0.6) is 0 Å². The minimum atomic E-state index is -3.86. The lowest BCUT2D eigenvalue weighted by molar-refractivity contribution is 0.0696. The molecule has 7 nitrogen and oxygen atoms in total. The van der Waals surface area contributed by atoms with Gasteiger partial charge >= 0.3 is 5.97 Å².